The summed E-state index contributed by atoms with van der Waals surface area (Å²) in [6.07, 6.45) is 3.88. The van der Waals surface area contributed by atoms with Crippen LogP contribution in [-0.4, -0.2) is 4.98 Å². The van der Waals surface area contributed by atoms with Crippen LogP contribution in [0.5, 0.6) is 0 Å². The zero-order valence-electron chi connectivity index (χ0n) is 10.7. The number of anilines is 1. The molecule has 92 valence electrons. The fourth-order valence-corrected chi connectivity index (χ4v) is 1.74. The summed E-state index contributed by atoms with van der Waals surface area (Å²) in [6.45, 7) is 4.65. The van der Waals surface area contributed by atoms with Crippen LogP contribution in [0, 0.1) is 11.3 Å². The van der Waals surface area contributed by atoms with Crippen molar-refractivity contribution >= 4 is 5.69 Å². The molecule has 2 rings (SSSR count). The minimum atomic E-state index is -0.431. The summed E-state index contributed by atoms with van der Waals surface area (Å²) in [7, 11) is 0. The summed E-state index contributed by atoms with van der Waals surface area (Å²) in [5.74, 6) is 0. The van der Waals surface area contributed by atoms with E-state index >= 15 is 0 Å². The summed E-state index contributed by atoms with van der Waals surface area (Å²) in [5, 5.41) is 12.4. The van der Waals surface area contributed by atoms with Gasteiger partial charge in [0.15, 0.2) is 0 Å². The Morgan fingerprint density at radius 1 is 1.22 bits per heavy atom. The largest absolute Gasteiger partial charge is 0.381 e. The first-order valence-electron chi connectivity index (χ1n) is 5.99. The van der Waals surface area contributed by atoms with Crippen LogP contribution in [0.25, 0.3) is 0 Å². The van der Waals surface area contributed by atoms with Gasteiger partial charge in [0.1, 0.15) is 0 Å². The molecule has 0 saturated carbocycles. The second-order valence-electron chi connectivity index (χ2n) is 4.89. The number of hydrogen-bond donors (Lipinski definition) is 2. The highest BCUT2D eigenvalue weighted by molar-refractivity contribution is 5.47. The number of aromatic nitrogens is 1. The van der Waals surface area contributed by atoms with Crippen LogP contribution < -0.4 is 5.32 Å². The second-order valence-corrected chi connectivity index (χ2v) is 4.89. The average molecular weight is 239 g/mol. The van der Waals surface area contributed by atoms with Crippen molar-refractivity contribution in [2.75, 3.05) is 5.32 Å². The van der Waals surface area contributed by atoms with Gasteiger partial charge in [-0.05, 0) is 43.2 Å². The van der Waals surface area contributed by atoms with E-state index in [0.29, 0.717) is 0 Å². The molecule has 1 aromatic heterocycles. The van der Waals surface area contributed by atoms with E-state index in [1.54, 1.807) is 0 Å². The van der Waals surface area contributed by atoms with Gasteiger partial charge in [0.05, 0.1) is 11.5 Å². The molecule has 0 atom stereocenters. The monoisotopic (exact) mass is 239 g/mol. The Kier molecular flexibility index (Phi) is 3.38. The van der Waals surface area contributed by atoms with Gasteiger partial charge >= 0.3 is 0 Å². The molecule has 0 bridgehead atoms. The highest BCUT2D eigenvalue weighted by Crippen LogP contribution is 2.23. The quantitative estimate of drug-likeness (QED) is 0.858. The first kappa shape index (κ1) is 12.3. The standard InChI is InChI=1S/C15H17N3/c1-15(2,11-16)13-3-5-14(6-4-13)18-10-12-7-8-17-9-12/h3-9,17-18H,10H2,1-2H3. The molecular weight excluding hydrogens is 222 g/mol. The fourth-order valence-electron chi connectivity index (χ4n) is 1.74. The number of benzene rings is 1. The van der Waals surface area contributed by atoms with E-state index in [4.69, 9.17) is 5.26 Å². The van der Waals surface area contributed by atoms with Crippen LogP contribution in [0.3, 0.4) is 0 Å². The van der Waals surface area contributed by atoms with Gasteiger partial charge in [0, 0.05) is 24.6 Å². The SMILES string of the molecule is CC(C)(C#N)c1ccc(NCc2cc[nH]c2)cc1. The van der Waals surface area contributed by atoms with Crippen LogP contribution in [-0.2, 0) is 12.0 Å². The van der Waals surface area contributed by atoms with Crippen molar-refractivity contribution in [3.8, 4) is 6.07 Å². The van der Waals surface area contributed by atoms with E-state index in [-0.39, 0.29) is 0 Å². The lowest BCUT2D eigenvalue weighted by atomic mass is 9.86. The van der Waals surface area contributed by atoms with Crippen LogP contribution in [0.4, 0.5) is 5.69 Å². The van der Waals surface area contributed by atoms with E-state index in [0.717, 1.165) is 17.8 Å². The predicted octanol–water partition coefficient (Wildman–Crippen LogP) is 3.43. The van der Waals surface area contributed by atoms with Crippen molar-refractivity contribution in [3.05, 3.63) is 53.9 Å². The Morgan fingerprint density at radius 2 is 1.94 bits per heavy atom. The van der Waals surface area contributed by atoms with Crippen LogP contribution in [0.1, 0.15) is 25.0 Å². The Labute approximate surface area is 107 Å². The summed E-state index contributed by atoms with van der Waals surface area (Å²) >= 11 is 0. The molecule has 0 fully saturated rings. The molecule has 1 heterocycles. The number of H-pyrrole nitrogens is 1. The number of nitriles is 1. The third kappa shape index (κ3) is 2.72. The van der Waals surface area contributed by atoms with Gasteiger partial charge in [0.2, 0.25) is 0 Å². The minimum Gasteiger partial charge on any atom is -0.381 e. The maximum atomic E-state index is 9.08. The van der Waals surface area contributed by atoms with Gasteiger partial charge in [-0.15, -0.1) is 0 Å². The molecule has 3 nitrogen and oxygen atoms in total. The molecule has 0 aliphatic carbocycles. The molecule has 2 aromatic rings. The van der Waals surface area contributed by atoms with Crippen molar-refractivity contribution in [2.24, 2.45) is 0 Å². The van der Waals surface area contributed by atoms with Crippen LogP contribution >= 0.6 is 0 Å². The van der Waals surface area contributed by atoms with Crippen molar-refractivity contribution in [1.82, 2.24) is 4.98 Å². The zero-order valence-corrected chi connectivity index (χ0v) is 10.7. The Bertz CT molecular complexity index is 530. The number of rotatable bonds is 4. The van der Waals surface area contributed by atoms with Gasteiger partial charge in [-0.2, -0.15) is 5.26 Å². The van der Waals surface area contributed by atoms with Gasteiger partial charge in [-0.3, -0.25) is 0 Å². The number of aromatic amines is 1. The van der Waals surface area contributed by atoms with Crippen LogP contribution in [0.2, 0.25) is 0 Å². The molecule has 1 aromatic carbocycles. The average Bonchev–Trinajstić information content (AvgIpc) is 2.90. The molecule has 2 N–H and O–H groups in total. The molecule has 0 aliphatic rings. The Morgan fingerprint density at radius 3 is 2.50 bits per heavy atom. The van der Waals surface area contributed by atoms with Gasteiger partial charge in [-0.1, -0.05) is 12.1 Å². The van der Waals surface area contributed by atoms with E-state index in [1.807, 2.05) is 56.6 Å². The third-order valence-electron chi connectivity index (χ3n) is 3.05. The summed E-state index contributed by atoms with van der Waals surface area (Å²) in [5.41, 5.74) is 2.89. The maximum absolute atomic E-state index is 9.08. The summed E-state index contributed by atoms with van der Waals surface area (Å²) in [4.78, 5) is 3.03. The Balaban J connectivity index is 2.02. The summed E-state index contributed by atoms with van der Waals surface area (Å²) in [6, 6.07) is 12.4. The molecule has 0 amide bonds. The number of hydrogen-bond acceptors (Lipinski definition) is 2. The van der Waals surface area contributed by atoms with Gasteiger partial charge in [-0.25, -0.2) is 0 Å². The lowest BCUT2D eigenvalue weighted by molar-refractivity contribution is 0.687. The van der Waals surface area contributed by atoms with E-state index in [2.05, 4.69) is 16.4 Å². The molecule has 0 radical (unpaired) electrons. The molecule has 0 unspecified atom stereocenters. The van der Waals surface area contributed by atoms with E-state index in [1.165, 1.54) is 5.56 Å². The molecule has 0 spiro atoms. The smallest absolute Gasteiger partial charge is 0.0766 e. The third-order valence-corrected chi connectivity index (χ3v) is 3.05. The molecule has 3 heteroatoms. The Hall–Kier alpha value is -2.21. The molecule has 18 heavy (non-hydrogen) atoms. The highest BCUT2D eigenvalue weighted by Gasteiger charge is 2.18. The fraction of sp³-hybridized carbons (Fsp3) is 0.267. The lowest BCUT2D eigenvalue weighted by Gasteiger charge is -2.16. The molecule has 0 saturated heterocycles. The normalized spacial score (nSPS) is 10.9. The number of nitrogens with zero attached hydrogens (tertiary/aromatic N) is 1. The lowest BCUT2D eigenvalue weighted by Crippen LogP contribution is -2.13. The van der Waals surface area contributed by atoms with Crippen molar-refractivity contribution in [3.63, 3.8) is 0 Å². The minimum absolute atomic E-state index is 0.431. The van der Waals surface area contributed by atoms with Crippen molar-refractivity contribution < 1.29 is 0 Å². The highest BCUT2D eigenvalue weighted by atomic mass is 14.9. The zero-order chi connectivity index (χ0) is 13.0. The van der Waals surface area contributed by atoms with Crippen molar-refractivity contribution in [1.29, 1.82) is 5.26 Å². The second kappa shape index (κ2) is 4.97. The number of nitrogens with one attached hydrogen (secondary N) is 2. The van der Waals surface area contributed by atoms with E-state index < -0.39 is 5.41 Å². The molecular formula is C15H17N3. The van der Waals surface area contributed by atoms with Crippen LogP contribution in [0.15, 0.2) is 42.7 Å². The van der Waals surface area contributed by atoms with Gasteiger partial charge < -0.3 is 10.3 Å². The summed E-state index contributed by atoms with van der Waals surface area (Å²) < 4.78 is 0. The maximum Gasteiger partial charge on any atom is 0.0766 e. The topological polar surface area (TPSA) is 51.6 Å². The first-order chi connectivity index (χ1) is 8.62. The first-order valence-corrected chi connectivity index (χ1v) is 5.99. The predicted molar refractivity (Wildman–Crippen MR) is 73.2 cm³/mol. The van der Waals surface area contributed by atoms with E-state index in [9.17, 15) is 0 Å². The molecule has 0 aliphatic heterocycles. The van der Waals surface area contributed by atoms with Gasteiger partial charge in [0.25, 0.3) is 0 Å². The van der Waals surface area contributed by atoms with Crippen molar-refractivity contribution in [2.45, 2.75) is 25.8 Å².